The molecule has 4 N–H and O–H groups in total. The molecule has 0 aromatic heterocycles. The van der Waals surface area contributed by atoms with Crippen LogP contribution in [-0.4, -0.2) is 24.9 Å². The van der Waals surface area contributed by atoms with E-state index in [1.807, 2.05) is 6.07 Å². The Hall–Kier alpha value is -2.32. The minimum atomic E-state index is -0.283. The zero-order chi connectivity index (χ0) is 13.4. The van der Waals surface area contributed by atoms with Crippen molar-refractivity contribution in [3.05, 3.63) is 29.8 Å². The molecule has 1 aromatic carbocycles. The first kappa shape index (κ1) is 13.7. The minimum Gasteiger partial charge on any atom is -0.347 e. The summed E-state index contributed by atoms with van der Waals surface area (Å²) >= 11 is 0. The maximum absolute atomic E-state index is 11.5. The highest BCUT2D eigenvalue weighted by atomic mass is 16.2. The topological polar surface area (TPSA) is 84.2 Å². The van der Waals surface area contributed by atoms with Crippen LogP contribution < -0.4 is 16.4 Å². The highest BCUT2D eigenvalue weighted by Gasteiger charge is 2.02. The van der Waals surface area contributed by atoms with E-state index in [1.54, 1.807) is 18.2 Å². The Bertz CT molecular complexity index is 500. The van der Waals surface area contributed by atoms with E-state index in [-0.39, 0.29) is 18.4 Å². The second-order valence-corrected chi connectivity index (χ2v) is 3.54. The fourth-order valence-electron chi connectivity index (χ4n) is 1.24. The predicted octanol–water partition coefficient (Wildman–Crippen LogP) is 0.0714. The Balaban J connectivity index is 2.61. The lowest BCUT2D eigenvalue weighted by Gasteiger charge is -2.05. The maximum Gasteiger partial charge on any atom is 0.243 e. The minimum absolute atomic E-state index is 0.0476. The van der Waals surface area contributed by atoms with Gasteiger partial charge in [-0.15, -0.1) is 0 Å². The summed E-state index contributed by atoms with van der Waals surface area (Å²) < 4.78 is 0. The van der Waals surface area contributed by atoms with Crippen LogP contribution >= 0.6 is 0 Å². The second-order valence-electron chi connectivity index (χ2n) is 3.54. The van der Waals surface area contributed by atoms with E-state index in [1.165, 1.54) is 6.92 Å². The van der Waals surface area contributed by atoms with Gasteiger partial charge in [-0.1, -0.05) is 17.9 Å². The van der Waals surface area contributed by atoms with Gasteiger partial charge in [-0.2, -0.15) is 0 Å². The molecule has 5 nitrogen and oxygen atoms in total. The summed E-state index contributed by atoms with van der Waals surface area (Å²) in [6.45, 7) is 1.60. The Morgan fingerprint density at radius 1 is 1.39 bits per heavy atom. The Morgan fingerprint density at radius 3 is 2.83 bits per heavy atom. The molecule has 2 amide bonds. The number of anilines is 1. The maximum atomic E-state index is 11.5. The van der Waals surface area contributed by atoms with E-state index in [2.05, 4.69) is 22.5 Å². The molecule has 0 spiro atoms. The quantitative estimate of drug-likeness (QED) is 0.659. The summed E-state index contributed by atoms with van der Waals surface area (Å²) in [6, 6.07) is 7.11. The average molecular weight is 245 g/mol. The van der Waals surface area contributed by atoms with Crippen molar-refractivity contribution in [2.75, 3.05) is 18.4 Å². The van der Waals surface area contributed by atoms with E-state index in [4.69, 9.17) is 5.73 Å². The summed E-state index contributed by atoms with van der Waals surface area (Å²) in [7, 11) is 0. The van der Waals surface area contributed by atoms with Crippen LogP contribution in [0.1, 0.15) is 12.5 Å². The molecule has 0 aliphatic rings. The third kappa shape index (κ3) is 5.14. The van der Waals surface area contributed by atoms with Crippen molar-refractivity contribution in [1.82, 2.24) is 5.32 Å². The number of nitrogens with one attached hydrogen (secondary N) is 2. The highest BCUT2D eigenvalue weighted by Crippen LogP contribution is 2.09. The van der Waals surface area contributed by atoms with Gasteiger partial charge in [-0.05, 0) is 18.2 Å². The number of hydrogen-bond acceptors (Lipinski definition) is 3. The molecule has 0 radical (unpaired) electrons. The van der Waals surface area contributed by atoms with Crippen molar-refractivity contribution in [2.45, 2.75) is 6.92 Å². The van der Waals surface area contributed by atoms with Gasteiger partial charge in [-0.25, -0.2) is 0 Å². The molecule has 1 rings (SSSR count). The van der Waals surface area contributed by atoms with Gasteiger partial charge in [0.25, 0.3) is 0 Å². The molecular weight excluding hydrogens is 230 g/mol. The molecule has 0 saturated carbocycles. The molecule has 0 aliphatic carbocycles. The molecule has 0 bridgehead atoms. The summed E-state index contributed by atoms with van der Waals surface area (Å²) in [5.41, 5.74) is 6.69. The van der Waals surface area contributed by atoms with E-state index in [0.717, 1.165) is 5.56 Å². The first-order valence-corrected chi connectivity index (χ1v) is 5.45. The van der Waals surface area contributed by atoms with Gasteiger partial charge in [0.2, 0.25) is 11.8 Å². The summed E-state index contributed by atoms with van der Waals surface area (Å²) in [5, 5.41) is 5.08. The summed E-state index contributed by atoms with van der Waals surface area (Å²) in [6.07, 6.45) is 0. The van der Waals surface area contributed by atoms with Gasteiger partial charge in [-0.3, -0.25) is 9.59 Å². The molecular formula is C13H15N3O2. The standard InChI is InChI=1S/C13H15N3O2/c1-10(17)15-9-13(18)16-12-6-2-4-11(8-12)5-3-7-14/h2,4,6,8H,7,9,14H2,1H3,(H,15,17)(H,16,18). The average Bonchev–Trinajstić information content (AvgIpc) is 2.34. The molecule has 0 unspecified atom stereocenters. The fourth-order valence-corrected chi connectivity index (χ4v) is 1.24. The summed E-state index contributed by atoms with van der Waals surface area (Å²) in [5.74, 6) is 5.08. The van der Waals surface area contributed by atoms with E-state index < -0.39 is 0 Å². The molecule has 94 valence electrons. The van der Waals surface area contributed by atoms with Crippen LogP contribution in [-0.2, 0) is 9.59 Å². The first-order chi connectivity index (χ1) is 8.61. The van der Waals surface area contributed by atoms with Crippen molar-refractivity contribution in [3.8, 4) is 11.8 Å². The van der Waals surface area contributed by atoms with Gasteiger partial charge in [0, 0.05) is 18.2 Å². The van der Waals surface area contributed by atoms with Crippen molar-refractivity contribution in [2.24, 2.45) is 5.73 Å². The fraction of sp³-hybridized carbons (Fsp3) is 0.231. The van der Waals surface area contributed by atoms with Gasteiger partial charge >= 0.3 is 0 Å². The third-order valence-electron chi connectivity index (χ3n) is 1.98. The monoisotopic (exact) mass is 245 g/mol. The molecule has 0 saturated heterocycles. The van der Waals surface area contributed by atoms with Crippen LogP contribution in [0.3, 0.4) is 0 Å². The van der Waals surface area contributed by atoms with Crippen molar-refractivity contribution >= 4 is 17.5 Å². The number of benzene rings is 1. The van der Waals surface area contributed by atoms with Crippen molar-refractivity contribution < 1.29 is 9.59 Å². The number of carbonyl (C=O) groups is 2. The van der Waals surface area contributed by atoms with Crippen molar-refractivity contribution in [1.29, 1.82) is 0 Å². The lowest BCUT2D eigenvalue weighted by Crippen LogP contribution is -2.31. The number of amides is 2. The molecule has 1 aromatic rings. The lowest BCUT2D eigenvalue weighted by atomic mass is 10.2. The number of hydrogen-bond donors (Lipinski definition) is 3. The largest absolute Gasteiger partial charge is 0.347 e. The van der Waals surface area contributed by atoms with Crippen LogP contribution in [0.4, 0.5) is 5.69 Å². The smallest absolute Gasteiger partial charge is 0.243 e. The van der Waals surface area contributed by atoms with Gasteiger partial charge in [0.1, 0.15) is 0 Å². The molecule has 0 heterocycles. The molecule has 0 fully saturated rings. The van der Waals surface area contributed by atoms with E-state index in [9.17, 15) is 9.59 Å². The zero-order valence-electron chi connectivity index (χ0n) is 10.1. The van der Waals surface area contributed by atoms with E-state index in [0.29, 0.717) is 12.2 Å². The molecule has 0 aliphatic heterocycles. The van der Waals surface area contributed by atoms with Gasteiger partial charge in [0.15, 0.2) is 0 Å². The first-order valence-electron chi connectivity index (χ1n) is 5.45. The van der Waals surface area contributed by atoms with Gasteiger partial charge < -0.3 is 16.4 Å². The molecule has 0 atom stereocenters. The Morgan fingerprint density at radius 2 is 2.17 bits per heavy atom. The van der Waals surface area contributed by atoms with Crippen LogP contribution in [0, 0.1) is 11.8 Å². The number of nitrogens with two attached hydrogens (primary N) is 1. The predicted molar refractivity (Wildman–Crippen MR) is 69.7 cm³/mol. The Kier molecular flexibility index (Phi) is 5.42. The SMILES string of the molecule is CC(=O)NCC(=O)Nc1cccc(C#CCN)c1. The highest BCUT2D eigenvalue weighted by molar-refractivity contribution is 5.94. The Labute approximate surface area is 106 Å². The van der Waals surface area contributed by atoms with Crippen molar-refractivity contribution in [3.63, 3.8) is 0 Å². The van der Waals surface area contributed by atoms with Gasteiger partial charge in [0.05, 0.1) is 13.1 Å². The van der Waals surface area contributed by atoms with Crippen LogP contribution in [0.25, 0.3) is 0 Å². The second kappa shape index (κ2) is 7.09. The zero-order valence-corrected chi connectivity index (χ0v) is 10.1. The number of carbonyl (C=O) groups excluding carboxylic acids is 2. The lowest BCUT2D eigenvalue weighted by molar-refractivity contribution is -0.122. The normalized spacial score (nSPS) is 9.00. The van der Waals surface area contributed by atoms with E-state index >= 15 is 0 Å². The van der Waals surface area contributed by atoms with Crippen LogP contribution in [0.5, 0.6) is 0 Å². The third-order valence-corrected chi connectivity index (χ3v) is 1.98. The van der Waals surface area contributed by atoms with Crippen LogP contribution in [0.15, 0.2) is 24.3 Å². The number of rotatable bonds is 3. The summed E-state index contributed by atoms with van der Waals surface area (Å²) in [4.78, 5) is 22.1. The van der Waals surface area contributed by atoms with Crippen LogP contribution in [0.2, 0.25) is 0 Å². The molecule has 18 heavy (non-hydrogen) atoms. The molecule has 5 heteroatoms.